The van der Waals surface area contributed by atoms with Crippen LogP contribution in [0.4, 0.5) is 0 Å². The van der Waals surface area contributed by atoms with Crippen LogP contribution in [0.5, 0.6) is 0 Å². The maximum Gasteiger partial charge on any atom is 0.305 e. The highest BCUT2D eigenvalue weighted by molar-refractivity contribution is 5.79. The average molecular weight is 262 g/mol. The summed E-state index contributed by atoms with van der Waals surface area (Å²) in [6.45, 7) is 0.244. The van der Waals surface area contributed by atoms with E-state index >= 15 is 0 Å². The van der Waals surface area contributed by atoms with Crippen molar-refractivity contribution in [3.8, 4) is 0 Å². The van der Waals surface area contributed by atoms with E-state index in [9.17, 15) is 9.59 Å². The Morgan fingerprint density at radius 1 is 1.26 bits per heavy atom. The largest absolute Gasteiger partial charge is 0.481 e. The molecule has 1 amide bonds. The second kappa shape index (κ2) is 6.33. The second-order valence-corrected chi connectivity index (χ2v) is 4.78. The first-order valence-corrected chi connectivity index (χ1v) is 6.44. The van der Waals surface area contributed by atoms with Crippen LogP contribution >= 0.6 is 0 Å². The fourth-order valence-corrected chi connectivity index (χ4v) is 1.88. The second-order valence-electron chi connectivity index (χ2n) is 4.78. The summed E-state index contributed by atoms with van der Waals surface area (Å²) in [5.74, 6) is -1.09. The van der Waals surface area contributed by atoms with Crippen molar-refractivity contribution >= 4 is 11.9 Å². The molecule has 0 bridgehead atoms. The Balaban J connectivity index is 1.92. The number of nitrogens with one attached hydrogen (secondary N) is 2. The van der Waals surface area contributed by atoms with Gasteiger partial charge in [-0.3, -0.25) is 9.59 Å². The molecule has 0 spiro atoms. The minimum Gasteiger partial charge on any atom is -0.481 e. The first-order valence-electron chi connectivity index (χ1n) is 6.44. The van der Waals surface area contributed by atoms with Gasteiger partial charge < -0.3 is 15.7 Å². The highest BCUT2D eigenvalue weighted by atomic mass is 16.4. The fraction of sp³-hybridized carbons (Fsp3) is 0.429. The van der Waals surface area contributed by atoms with Gasteiger partial charge in [-0.15, -0.1) is 0 Å². The zero-order valence-electron chi connectivity index (χ0n) is 10.6. The predicted molar refractivity (Wildman–Crippen MR) is 70.6 cm³/mol. The third kappa shape index (κ3) is 4.71. The van der Waals surface area contributed by atoms with E-state index in [-0.39, 0.29) is 18.9 Å². The molecular formula is C14H18N2O3. The van der Waals surface area contributed by atoms with E-state index in [0.717, 1.165) is 18.4 Å². The minimum absolute atomic E-state index is 0.112. The van der Waals surface area contributed by atoms with Crippen molar-refractivity contribution in [2.24, 2.45) is 0 Å². The van der Waals surface area contributed by atoms with Gasteiger partial charge in [0.2, 0.25) is 5.91 Å². The van der Waals surface area contributed by atoms with Gasteiger partial charge in [0.15, 0.2) is 0 Å². The van der Waals surface area contributed by atoms with Gasteiger partial charge in [-0.05, 0) is 18.4 Å². The van der Waals surface area contributed by atoms with Crippen molar-refractivity contribution in [3.05, 3.63) is 35.9 Å². The Bertz CT molecular complexity index is 443. The van der Waals surface area contributed by atoms with Gasteiger partial charge >= 0.3 is 5.97 Å². The molecule has 1 aliphatic carbocycles. The van der Waals surface area contributed by atoms with Crippen LogP contribution in [0.1, 0.15) is 30.9 Å². The third-order valence-electron chi connectivity index (χ3n) is 3.04. The zero-order valence-corrected chi connectivity index (χ0v) is 10.6. The number of aliphatic carboxylic acids is 1. The third-order valence-corrected chi connectivity index (χ3v) is 3.04. The zero-order chi connectivity index (χ0) is 13.7. The summed E-state index contributed by atoms with van der Waals surface area (Å²) in [6, 6.07) is 9.15. The van der Waals surface area contributed by atoms with Crippen molar-refractivity contribution in [1.29, 1.82) is 0 Å². The first kappa shape index (κ1) is 13.5. The molecule has 1 aromatic carbocycles. The Morgan fingerprint density at radius 2 is 1.95 bits per heavy atom. The number of carboxylic acid groups (broad SMARTS) is 1. The summed E-state index contributed by atoms with van der Waals surface area (Å²) in [4.78, 5) is 22.6. The molecule has 0 aromatic heterocycles. The van der Waals surface area contributed by atoms with Crippen molar-refractivity contribution in [1.82, 2.24) is 10.6 Å². The quantitative estimate of drug-likeness (QED) is 0.687. The normalized spacial score (nSPS) is 15.8. The Kier molecular flexibility index (Phi) is 4.52. The lowest BCUT2D eigenvalue weighted by Gasteiger charge is -2.17. The summed E-state index contributed by atoms with van der Waals surface area (Å²) in [7, 11) is 0. The molecule has 0 aliphatic heterocycles. The molecule has 1 fully saturated rings. The predicted octanol–water partition coefficient (Wildman–Crippen LogP) is 1.07. The number of hydrogen-bond donors (Lipinski definition) is 3. The molecular weight excluding hydrogens is 244 g/mol. The highest BCUT2D eigenvalue weighted by Gasteiger charge is 2.22. The summed E-state index contributed by atoms with van der Waals surface area (Å²) in [5, 5.41) is 14.8. The Labute approximate surface area is 112 Å². The van der Waals surface area contributed by atoms with E-state index < -0.39 is 12.0 Å². The van der Waals surface area contributed by atoms with Crippen LogP contribution in [0.2, 0.25) is 0 Å². The van der Waals surface area contributed by atoms with E-state index in [0.29, 0.717) is 6.04 Å². The van der Waals surface area contributed by atoms with Crippen LogP contribution in [-0.4, -0.2) is 29.6 Å². The molecule has 0 saturated heterocycles. The van der Waals surface area contributed by atoms with Crippen LogP contribution in [0.3, 0.4) is 0 Å². The van der Waals surface area contributed by atoms with Gasteiger partial charge in [0, 0.05) is 6.04 Å². The van der Waals surface area contributed by atoms with Gasteiger partial charge in [-0.1, -0.05) is 30.3 Å². The number of carboxylic acids is 1. The Morgan fingerprint density at radius 3 is 2.53 bits per heavy atom. The number of carbonyl (C=O) groups is 2. The van der Waals surface area contributed by atoms with Crippen LogP contribution in [-0.2, 0) is 9.59 Å². The molecule has 0 heterocycles. The number of carbonyl (C=O) groups excluding carboxylic acids is 1. The molecule has 19 heavy (non-hydrogen) atoms. The monoisotopic (exact) mass is 262 g/mol. The molecule has 1 aromatic rings. The molecule has 5 heteroatoms. The van der Waals surface area contributed by atoms with Gasteiger partial charge in [0.25, 0.3) is 0 Å². The maximum atomic E-state index is 11.8. The lowest BCUT2D eigenvalue weighted by molar-refractivity contribution is -0.137. The van der Waals surface area contributed by atoms with Gasteiger partial charge in [0.05, 0.1) is 19.0 Å². The van der Waals surface area contributed by atoms with Crippen molar-refractivity contribution in [2.75, 3.05) is 6.54 Å². The van der Waals surface area contributed by atoms with Crippen molar-refractivity contribution < 1.29 is 14.7 Å². The summed E-state index contributed by atoms with van der Waals surface area (Å²) in [6.07, 6.45) is 2.12. The van der Waals surface area contributed by atoms with Crippen LogP contribution < -0.4 is 10.6 Å². The maximum absolute atomic E-state index is 11.8. The topological polar surface area (TPSA) is 78.4 Å². The van der Waals surface area contributed by atoms with E-state index in [1.807, 2.05) is 30.3 Å². The first-order chi connectivity index (χ1) is 9.15. The smallest absolute Gasteiger partial charge is 0.305 e. The van der Waals surface area contributed by atoms with E-state index in [1.165, 1.54) is 0 Å². The fourth-order valence-electron chi connectivity index (χ4n) is 1.88. The van der Waals surface area contributed by atoms with Crippen LogP contribution in [0.15, 0.2) is 30.3 Å². The average Bonchev–Trinajstić information content (AvgIpc) is 3.20. The number of rotatable bonds is 7. The molecule has 1 unspecified atom stereocenters. The van der Waals surface area contributed by atoms with Crippen molar-refractivity contribution in [3.63, 3.8) is 0 Å². The highest BCUT2D eigenvalue weighted by Crippen LogP contribution is 2.18. The van der Waals surface area contributed by atoms with Crippen LogP contribution in [0, 0.1) is 0 Å². The molecule has 2 rings (SSSR count). The van der Waals surface area contributed by atoms with E-state index in [1.54, 1.807) is 0 Å². The van der Waals surface area contributed by atoms with Gasteiger partial charge in [-0.25, -0.2) is 0 Å². The lowest BCUT2D eigenvalue weighted by atomic mass is 10.0. The van der Waals surface area contributed by atoms with E-state index in [2.05, 4.69) is 10.6 Å². The standard InChI is InChI=1S/C14H18N2O3/c17-13(9-15-11-6-7-11)16-12(8-14(18)19)10-4-2-1-3-5-10/h1-5,11-12,15H,6-9H2,(H,16,17)(H,18,19). The number of amides is 1. The lowest BCUT2D eigenvalue weighted by Crippen LogP contribution is -2.37. The van der Waals surface area contributed by atoms with Gasteiger partial charge in [0.1, 0.15) is 0 Å². The summed E-state index contributed by atoms with van der Waals surface area (Å²) in [5.41, 5.74) is 0.810. The number of benzene rings is 1. The molecule has 5 nitrogen and oxygen atoms in total. The van der Waals surface area contributed by atoms with Crippen molar-refractivity contribution in [2.45, 2.75) is 31.3 Å². The molecule has 1 aliphatic rings. The minimum atomic E-state index is -0.927. The molecule has 1 atom stereocenters. The van der Waals surface area contributed by atoms with Gasteiger partial charge in [-0.2, -0.15) is 0 Å². The molecule has 1 saturated carbocycles. The molecule has 102 valence electrons. The van der Waals surface area contributed by atoms with Crippen LogP contribution in [0.25, 0.3) is 0 Å². The summed E-state index contributed by atoms with van der Waals surface area (Å²) < 4.78 is 0. The van der Waals surface area contributed by atoms with E-state index in [4.69, 9.17) is 5.11 Å². The summed E-state index contributed by atoms with van der Waals surface area (Å²) >= 11 is 0. The Hall–Kier alpha value is -1.88. The number of hydrogen-bond acceptors (Lipinski definition) is 3. The molecule has 3 N–H and O–H groups in total. The molecule has 0 radical (unpaired) electrons. The SMILES string of the molecule is O=C(O)CC(NC(=O)CNC1CC1)c1ccccc1.